The summed E-state index contributed by atoms with van der Waals surface area (Å²) in [5.41, 5.74) is 1.90. The summed E-state index contributed by atoms with van der Waals surface area (Å²) in [4.78, 5) is 24.6. The lowest BCUT2D eigenvalue weighted by Crippen LogP contribution is -2.51. The van der Waals surface area contributed by atoms with Crippen LogP contribution >= 0.6 is 12.2 Å². The molecule has 1 aromatic carbocycles. The molecule has 1 aliphatic carbocycles. The predicted octanol–water partition coefficient (Wildman–Crippen LogP) is 2.28. The monoisotopic (exact) mass is 336 g/mol. The van der Waals surface area contributed by atoms with E-state index in [1.54, 1.807) is 12.1 Å². The molecule has 0 unspecified atom stereocenters. The van der Waals surface area contributed by atoms with Crippen molar-refractivity contribution in [3.05, 3.63) is 30.1 Å². The number of nitrogens with one attached hydrogen (secondary N) is 3. The molecular formula is C15H17FN4O2S. The summed E-state index contributed by atoms with van der Waals surface area (Å²) in [6.07, 6.45) is 4.12. The molecule has 3 amide bonds. The molecule has 0 bridgehead atoms. The number of halogens is 1. The number of carbonyl (C=O) groups is 2. The molecule has 1 spiro atoms. The fourth-order valence-corrected chi connectivity index (χ4v) is 3.23. The van der Waals surface area contributed by atoms with Gasteiger partial charge in [-0.1, -0.05) is 31.4 Å². The molecule has 1 aliphatic heterocycles. The second-order valence-corrected chi connectivity index (χ2v) is 6.17. The van der Waals surface area contributed by atoms with E-state index in [4.69, 9.17) is 12.2 Å². The first-order valence-electron chi connectivity index (χ1n) is 7.51. The Hall–Kier alpha value is -2.22. The average Bonchev–Trinajstić information content (AvgIpc) is 2.75. The molecule has 1 aromatic rings. The highest BCUT2D eigenvalue weighted by molar-refractivity contribution is 7.80. The number of hydrogen-bond donors (Lipinski definition) is 3. The van der Waals surface area contributed by atoms with Gasteiger partial charge in [-0.2, -0.15) is 5.01 Å². The highest BCUT2D eigenvalue weighted by atomic mass is 32.1. The van der Waals surface area contributed by atoms with Crippen molar-refractivity contribution < 1.29 is 14.0 Å². The van der Waals surface area contributed by atoms with Gasteiger partial charge in [0.2, 0.25) is 0 Å². The van der Waals surface area contributed by atoms with Crippen LogP contribution in [0.2, 0.25) is 0 Å². The van der Waals surface area contributed by atoms with Crippen LogP contribution in [0.5, 0.6) is 0 Å². The molecule has 0 aromatic heterocycles. The van der Waals surface area contributed by atoms with Crippen molar-refractivity contribution in [2.24, 2.45) is 0 Å². The molecule has 3 rings (SSSR count). The smallest absolute Gasteiger partial charge is 0.329 e. The SMILES string of the molecule is O=C1NC2(CCCCC2)C(=O)N1NC(=S)Nc1ccccc1F. The molecule has 1 heterocycles. The van der Waals surface area contributed by atoms with Crippen molar-refractivity contribution in [2.75, 3.05) is 5.32 Å². The molecule has 6 nitrogen and oxygen atoms in total. The van der Waals surface area contributed by atoms with Gasteiger partial charge in [-0.25, -0.2) is 9.18 Å². The molecule has 2 fully saturated rings. The Morgan fingerprint density at radius 3 is 2.61 bits per heavy atom. The number of anilines is 1. The van der Waals surface area contributed by atoms with E-state index in [-0.39, 0.29) is 16.7 Å². The molecule has 23 heavy (non-hydrogen) atoms. The van der Waals surface area contributed by atoms with Crippen LogP contribution < -0.4 is 16.1 Å². The number of imide groups is 1. The molecular weight excluding hydrogens is 319 g/mol. The molecule has 8 heteroatoms. The normalized spacial score (nSPS) is 19.6. The third-order valence-electron chi connectivity index (χ3n) is 4.20. The largest absolute Gasteiger partial charge is 0.344 e. The van der Waals surface area contributed by atoms with Crippen molar-refractivity contribution >= 4 is 35.0 Å². The van der Waals surface area contributed by atoms with E-state index in [0.29, 0.717) is 12.8 Å². The molecule has 1 saturated carbocycles. The topological polar surface area (TPSA) is 73.5 Å². The molecule has 1 saturated heterocycles. The molecule has 122 valence electrons. The second-order valence-electron chi connectivity index (χ2n) is 5.76. The van der Waals surface area contributed by atoms with Gasteiger partial charge in [-0.3, -0.25) is 10.2 Å². The van der Waals surface area contributed by atoms with Crippen LogP contribution in [0.25, 0.3) is 0 Å². The molecule has 0 atom stereocenters. The fourth-order valence-electron chi connectivity index (χ4n) is 3.03. The summed E-state index contributed by atoms with van der Waals surface area (Å²) in [6, 6.07) is 5.47. The van der Waals surface area contributed by atoms with Crippen LogP contribution in [0.15, 0.2) is 24.3 Å². The lowest BCUT2D eigenvalue weighted by Gasteiger charge is -2.30. The number of benzene rings is 1. The zero-order valence-electron chi connectivity index (χ0n) is 12.4. The quantitative estimate of drug-likeness (QED) is 0.571. The van der Waals surface area contributed by atoms with Crippen LogP contribution in [-0.2, 0) is 4.79 Å². The average molecular weight is 336 g/mol. The number of carbonyl (C=O) groups excluding carboxylic acids is 2. The zero-order valence-corrected chi connectivity index (χ0v) is 13.2. The second kappa shape index (κ2) is 6.11. The standard InChI is InChI=1S/C15H17FN4O2S/c16-10-6-2-3-7-11(10)17-13(23)19-20-12(21)15(18-14(20)22)8-4-1-5-9-15/h2-3,6-7H,1,4-5,8-9H2,(H,18,22)(H2,17,19,23). The fraction of sp³-hybridized carbons (Fsp3) is 0.400. The Balaban J connectivity index is 1.68. The summed E-state index contributed by atoms with van der Waals surface area (Å²) in [5, 5.41) is 6.26. The Labute approximate surface area is 138 Å². The van der Waals surface area contributed by atoms with Crippen molar-refractivity contribution in [1.29, 1.82) is 0 Å². The summed E-state index contributed by atoms with van der Waals surface area (Å²) < 4.78 is 13.6. The van der Waals surface area contributed by atoms with Crippen LogP contribution in [0.1, 0.15) is 32.1 Å². The van der Waals surface area contributed by atoms with Gasteiger partial charge < -0.3 is 10.6 Å². The number of para-hydroxylation sites is 1. The van der Waals surface area contributed by atoms with E-state index in [1.165, 1.54) is 12.1 Å². The van der Waals surface area contributed by atoms with Gasteiger partial charge in [0.1, 0.15) is 11.4 Å². The van der Waals surface area contributed by atoms with Crippen molar-refractivity contribution in [3.8, 4) is 0 Å². The van der Waals surface area contributed by atoms with E-state index in [9.17, 15) is 14.0 Å². The number of urea groups is 1. The van der Waals surface area contributed by atoms with E-state index in [1.807, 2.05) is 0 Å². The summed E-state index contributed by atoms with van der Waals surface area (Å²) >= 11 is 5.07. The third-order valence-corrected chi connectivity index (χ3v) is 4.40. The maximum Gasteiger partial charge on any atom is 0.344 e. The summed E-state index contributed by atoms with van der Waals surface area (Å²) in [5.74, 6) is -0.808. The number of rotatable bonds is 2. The van der Waals surface area contributed by atoms with Crippen LogP contribution in [-0.4, -0.2) is 27.6 Å². The predicted molar refractivity (Wildman–Crippen MR) is 87.0 cm³/mol. The van der Waals surface area contributed by atoms with Crippen LogP contribution in [0.3, 0.4) is 0 Å². The minimum Gasteiger partial charge on any atom is -0.329 e. The van der Waals surface area contributed by atoms with Gasteiger partial charge in [0.05, 0.1) is 5.69 Å². The number of hydrogen-bond acceptors (Lipinski definition) is 3. The maximum atomic E-state index is 13.6. The number of hydrazine groups is 1. The summed E-state index contributed by atoms with van der Waals surface area (Å²) in [6.45, 7) is 0. The first-order valence-corrected chi connectivity index (χ1v) is 7.91. The van der Waals surface area contributed by atoms with Gasteiger partial charge in [0.25, 0.3) is 5.91 Å². The Morgan fingerprint density at radius 1 is 1.22 bits per heavy atom. The van der Waals surface area contributed by atoms with Gasteiger partial charge in [-0.05, 0) is 37.2 Å². The zero-order chi connectivity index (χ0) is 16.4. The van der Waals surface area contributed by atoms with Gasteiger partial charge in [0.15, 0.2) is 5.11 Å². The minimum absolute atomic E-state index is 0.0218. The van der Waals surface area contributed by atoms with Crippen molar-refractivity contribution in [1.82, 2.24) is 15.8 Å². The van der Waals surface area contributed by atoms with Crippen LogP contribution in [0.4, 0.5) is 14.9 Å². The minimum atomic E-state index is -0.823. The first-order chi connectivity index (χ1) is 11.0. The Morgan fingerprint density at radius 2 is 1.91 bits per heavy atom. The van der Waals surface area contributed by atoms with E-state index < -0.39 is 17.4 Å². The highest BCUT2D eigenvalue weighted by Crippen LogP contribution is 2.33. The van der Waals surface area contributed by atoms with Gasteiger partial charge >= 0.3 is 6.03 Å². The molecule has 3 N–H and O–H groups in total. The van der Waals surface area contributed by atoms with E-state index in [0.717, 1.165) is 24.3 Å². The maximum absolute atomic E-state index is 13.6. The van der Waals surface area contributed by atoms with Gasteiger partial charge in [-0.15, -0.1) is 0 Å². The lowest BCUT2D eigenvalue weighted by atomic mass is 9.82. The molecule has 2 aliphatic rings. The Bertz CT molecular complexity index is 661. The highest BCUT2D eigenvalue weighted by Gasteiger charge is 2.51. The van der Waals surface area contributed by atoms with Crippen molar-refractivity contribution in [2.45, 2.75) is 37.6 Å². The lowest BCUT2D eigenvalue weighted by molar-refractivity contribution is -0.133. The van der Waals surface area contributed by atoms with E-state index in [2.05, 4.69) is 16.1 Å². The Kier molecular flexibility index (Phi) is 4.16. The third kappa shape index (κ3) is 2.98. The first kappa shape index (κ1) is 15.7. The van der Waals surface area contributed by atoms with E-state index >= 15 is 0 Å². The van der Waals surface area contributed by atoms with Crippen molar-refractivity contribution in [3.63, 3.8) is 0 Å². The number of amides is 3. The van der Waals surface area contributed by atoms with Crippen LogP contribution in [0, 0.1) is 5.82 Å². The summed E-state index contributed by atoms with van der Waals surface area (Å²) in [7, 11) is 0. The molecule has 0 radical (unpaired) electrons. The number of thiocarbonyl (C=S) groups is 1. The number of nitrogens with zero attached hydrogens (tertiary/aromatic N) is 1. The van der Waals surface area contributed by atoms with Gasteiger partial charge in [0, 0.05) is 0 Å².